The fourth-order valence-electron chi connectivity index (χ4n) is 3.36. The van der Waals surface area contributed by atoms with Gasteiger partial charge in [-0.1, -0.05) is 54.6 Å². The summed E-state index contributed by atoms with van der Waals surface area (Å²) in [4.78, 5) is 27.8. The van der Waals surface area contributed by atoms with Crippen LogP contribution in [0.15, 0.2) is 72.1 Å². The van der Waals surface area contributed by atoms with Gasteiger partial charge in [-0.25, -0.2) is 0 Å². The van der Waals surface area contributed by atoms with E-state index in [-0.39, 0.29) is 12.2 Å². The van der Waals surface area contributed by atoms with Gasteiger partial charge in [-0.2, -0.15) is 0 Å². The summed E-state index contributed by atoms with van der Waals surface area (Å²) in [7, 11) is 0. The Kier molecular flexibility index (Phi) is 4.18. The zero-order valence-electron chi connectivity index (χ0n) is 14.0. The van der Waals surface area contributed by atoms with E-state index in [0.29, 0.717) is 22.7 Å². The lowest BCUT2D eigenvalue weighted by Crippen LogP contribution is -2.41. The largest absolute Gasteiger partial charge is 0.375 e. The van der Waals surface area contributed by atoms with Gasteiger partial charge >= 0.3 is 0 Å². The fraction of sp³-hybridized carbons (Fsp3) is 0.143. The molecule has 1 N–H and O–H groups in total. The van der Waals surface area contributed by atoms with Crippen LogP contribution in [-0.2, 0) is 16.9 Å². The van der Waals surface area contributed by atoms with Crippen LogP contribution < -0.4 is 4.90 Å². The molecule has 130 valence electrons. The van der Waals surface area contributed by atoms with Crippen LogP contribution in [0.2, 0.25) is 0 Å². The average molecular weight is 363 g/mol. The van der Waals surface area contributed by atoms with Crippen molar-refractivity contribution in [2.45, 2.75) is 18.6 Å². The number of para-hydroxylation sites is 1. The normalized spacial score (nSPS) is 18.8. The van der Waals surface area contributed by atoms with Gasteiger partial charge in [0.15, 0.2) is 11.4 Å². The Morgan fingerprint density at radius 2 is 1.73 bits per heavy atom. The zero-order valence-corrected chi connectivity index (χ0v) is 14.8. The maximum Gasteiger partial charge on any atom is 0.264 e. The van der Waals surface area contributed by atoms with Gasteiger partial charge in [0.05, 0.1) is 23.5 Å². The molecule has 2 aromatic carbocycles. The third kappa shape index (κ3) is 2.75. The van der Waals surface area contributed by atoms with Crippen molar-refractivity contribution in [2.75, 3.05) is 4.90 Å². The molecule has 0 spiro atoms. The highest BCUT2D eigenvalue weighted by Gasteiger charge is 2.50. The molecule has 0 saturated heterocycles. The van der Waals surface area contributed by atoms with Crippen molar-refractivity contribution in [3.63, 3.8) is 0 Å². The molecular weight excluding hydrogens is 346 g/mol. The highest BCUT2D eigenvalue weighted by Crippen LogP contribution is 2.43. The van der Waals surface area contributed by atoms with Crippen LogP contribution in [0.25, 0.3) is 0 Å². The minimum Gasteiger partial charge on any atom is -0.375 e. The van der Waals surface area contributed by atoms with E-state index in [1.54, 1.807) is 29.2 Å². The van der Waals surface area contributed by atoms with Crippen LogP contribution in [0.3, 0.4) is 0 Å². The van der Waals surface area contributed by atoms with Gasteiger partial charge in [0.25, 0.3) is 5.91 Å². The smallest absolute Gasteiger partial charge is 0.264 e. The molecule has 1 atom stereocenters. The second-order valence-corrected chi connectivity index (χ2v) is 7.28. The first-order chi connectivity index (χ1) is 12.6. The molecule has 1 aliphatic heterocycles. The Hall–Kier alpha value is -2.76. The molecule has 2 heterocycles. The van der Waals surface area contributed by atoms with Crippen LogP contribution in [0, 0.1) is 0 Å². The molecule has 0 radical (unpaired) electrons. The Morgan fingerprint density at radius 3 is 2.46 bits per heavy atom. The number of amides is 1. The van der Waals surface area contributed by atoms with E-state index in [0.717, 1.165) is 5.56 Å². The number of fused-ring (bicyclic) bond motifs is 1. The quantitative estimate of drug-likeness (QED) is 0.702. The highest BCUT2D eigenvalue weighted by atomic mass is 32.1. The second-order valence-electron chi connectivity index (χ2n) is 6.33. The Balaban J connectivity index is 1.70. The minimum absolute atomic E-state index is 0.229. The summed E-state index contributed by atoms with van der Waals surface area (Å²) in [6.45, 7) is 0.353. The molecule has 1 aromatic heterocycles. The number of carbonyl (C=O) groups is 2. The summed E-state index contributed by atoms with van der Waals surface area (Å²) >= 11 is 1.31. The molecule has 4 nitrogen and oxygen atoms in total. The third-order valence-electron chi connectivity index (χ3n) is 4.64. The van der Waals surface area contributed by atoms with Crippen LogP contribution in [0.5, 0.6) is 0 Å². The average Bonchev–Trinajstić information content (AvgIpc) is 3.26. The molecule has 5 heteroatoms. The predicted molar refractivity (Wildman–Crippen MR) is 101 cm³/mol. The third-order valence-corrected chi connectivity index (χ3v) is 5.55. The van der Waals surface area contributed by atoms with E-state index >= 15 is 0 Å². The fourth-order valence-corrected chi connectivity index (χ4v) is 4.02. The first-order valence-electron chi connectivity index (χ1n) is 8.34. The molecule has 26 heavy (non-hydrogen) atoms. The van der Waals surface area contributed by atoms with Crippen LogP contribution in [-0.4, -0.2) is 16.8 Å². The standard InChI is InChI=1S/C21H17NO3S/c23-18(19-11-6-12-26-19)13-21(25)16-9-4-5-10-17(16)22(20(21)24)14-15-7-2-1-3-8-15/h1-12,25H,13-14H2/t21-/m0/s1. The summed E-state index contributed by atoms with van der Waals surface area (Å²) < 4.78 is 0. The topological polar surface area (TPSA) is 57.6 Å². The number of hydrogen-bond donors (Lipinski definition) is 1. The van der Waals surface area contributed by atoms with Crippen LogP contribution in [0.4, 0.5) is 5.69 Å². The van der Waals surface area contributed by atoms with Crippen molar-refractivity contribution in [3.8, 4) is 0 Å². The van der Waals surface area contributed by atoms with Crippen LogP contribution >= 0.6 is 11.3 Å². The molecule has 0 unspecified atom stereocenters. The highest BCUT2D eigenvalue weighted by molar-refractivity contribution is 7.12. The maximum absolute atomic E-state index is 13.1. The number of nitrogens with zero attached hydrogens (tertiary/aromatic N) is 1. The van der Waals surface area contributed by atoms with E-state index in [4.69, 9.17) is 0 Å². The van der Waals surface area contributed by atoms with Gasteiger partial charge < -0.3 is 10.0 Å². The number of carbonyl (C=O) groups excluding carboxylic acids is 2. The first kappa shape index (κ1) is 16.7. The summed E-state index contributed by atoms with van der Waals surface area (Å²) in [5.74, 6) is -0.681. The molecule has 1 amide bonds. The van der Waals surface area contributed by atoms with Crippen LogP contribution in [0.1, 0.15) is 27.2 Å². The van der Waals surface area contributed by atoms with Gasteiger partial charge in [0.2, 0.25) is 0 Å². The number of rotatable bonds is 5. The molecule has 0 bridgehead atoms. The molecule has 3 aromatic rings. The van der Waals surface area contributed by atoms with Gasteiger partial charge in [0.1, 0.15) is 0 Å². The van der Waals surface area contributed by atoms with E-state index in [1.165, 1.54) is 11.3 Å². The SMILES string of the molecule is O=C(C[C@@]1(O)C(=O)N(Cc2ccccc2)c2ccccc21)c1cccs1. The number of hydrogen-bond acceptors (Lipinski definition) is 4. The summed E-state index contributed by atoms with van der Waals surface area (Å²) in [6.07, 6.45) is -0.255. The Bertz CT molecular complexity index is 952. The summed E-state index contributed by atoms with van der Waals surface area (Å²) in [5.41, 5.74) is 0.282. The first-order valence-corrected chi connectivity index (χ1v) is 9.22. The van der Waals surface area contributed by atoms with Gasteiger partial charge in [-0.15, -0.1) is 11.3 Å². The lowest BCUT2D eigenvalue weighted by molar-refractivity contribution is -0.136. The molecule has 0 aliphatic carbocycles. The number of benzene rings is 2. The molecule has 0 fully saturated rings. The molecule has 0 saturated carbocycles. The van der Waals surface area contributed by atoms with Crippen molar-refractivity contribution in [1.29, 1.82) is 0 Å². The molecular formula is C21H17NO3S. The van der Waals surface area contributed by atoms with Gasteiger partial charge in [-0.05, 0) is 23.1 Å². The molecule has 1 aliphatic rings. The predicted octanol–water partition coefficient (Wildman–Crippen LogP) is 3.76. The number of anilines is 1. The minimum atomic E-state index is -1.83. The summed E-state index contributed by atoms with van der Waals surface area (Å²) in [6, 6.07) is 20.2. The van der Waals surface area contributed by atoms with Crippen molar-refractivity contribution >= 4 is 28.7 Å². The molecule has 4 rings (SSSR count). The number of aliphatic hydroxyl groups is 1. The second kappa shape index (κ2) is 6.52. The van der Waals surface area contributed by atoms with E-state index in [9.17, 15) is 14.7 Å². The Labute approximate surface area is 155 Å². The maximum atomic E-state index is 13.1. The number of ketones is 1. The van der Waals surface area contributed by atoms with Crippen molar-refractivity contribution < 1.29 is 14.7 Å². The van der Waals surface area contributed by atoms with E-state index in [1.807, 2.05) is 47.8 Å². The lowest BCUT2D eigenvalue weighted by atomic mass is 9.89. The van der Waals surface area contributed by atoms with E-state index in [2.05, 4.69) is 0 Å². The number of thiophene rings is 1. The zero-order chi connectivity index (χ0) is 18.1. The monoisotopic (exact) mass is 363 g/mol. The van der Waals surface area contributed by atoms with Crippen molar-refractivity contribution in [2.24, 2.45) is 0 Å². The van der Waals surface area contributed by atoms with Gasteiger partial charge in [0, 0.05) is 5.56 Å². The number of Topliss-reactive ketones (excluding diaryl/α,β-unsaturated/α-hetero) is 1. The van der Waals surface area contributed by atoms with E-state index < -0.39 is 11.5 Å². The lowest BCUT2D eigenvalue weighted by Gasteiger charge is -2.22. The van der Waals surface area contributed by atoms with Crippen molar-refractivity contribution in [3.05, 3.63) is 88.1 Å². The Morgan fingerprint density at radius 1 is 1.00 bits per heavy atom. The summed E-state index contributed by atoms with van der Waals surface area (Å²) in [5, 5.41) is 13.0. The van der Waals surface area contributed by atoms with Gasteiger partial charge in [-0.3, -0.25) is 9.59 Å². The van der Waals surface area contributed by atoms with Crippen molar-refractivity contribution in [1.82, 2.24) is 0 Å².